The van der Waals surface area contributed by atoms with E-state index in [4.69, 9.17) is 0 Å². The fourth-order valence-electron chi connectivity index (χ4n) is 2.89. The molecule has 2 unspecified atom stereocenters. The number of rotatable bonds is 4. The highest BCUT2D eigenvalue weighted by atomic mass is 32.1. The van der Waals surface area contributed by atoms with Gasteiger partial charge in [-0.3, -0.25) is 0 Å². The highest BCUT2D eigenvalue weighted by molar-refractivity contribution is 7.10. The summed E-state index contributed by atoms with van der Waals surface area (Å²) in [7, 11) is 0. The molecule has 1 N–H and O–H groups in total. The first-order chi connectivity index (χ1) is 7.83. The van der Waals surface area contributed by atoms with E-state index in [1.54, 1.807) is 4.88 Å². The molecule has 0 aliphatic heterocycles. The van der Waals surface area contributed by atoms with Crippen molar-refractivity contribution in [2.75, 3.05) is 13.1 Å². The van der Waals surface area contributed by atoms with Crippen LogP contribution in [0.2, 0.25) is 0 Å². The minimum atomic E-state index is 0.827. The Morgan fingerprint density at radius 1 is 1.38 bits per heavy atom. The summed E-state index contributed by atoms with van der Waals surface area (Å²) >= 11 is 1.97. The maximum atomic E-state index is 3.53. The predicted octanol–water partition coefficient (Wildman–Crippen LogP) is 3.94. The van der Waals surface area contributed by atoms with Gasteiger partial charge in [0.2, 0.25) is 0 Å². The number of aryl methyl sites for hydroxylation is 1. The smallest absolute Gasteiger partial charge is 0.0109 e. The molecule has 16 heavy (non-hydrogen) atoms. The zero-order valence-electron chi connectivity index (χ0n) is 10.5. The van der Waals surface area contributed by atoms with E-state index in [1.807, 2.05) is 11.3 Å². The molecule has 1 heterocycles. The lowest BCUT2D eigenvalue weighted by atomic mass is 9.77. The summed E-state index contributed by atoms with van der Waals surface area (Å²) in [5.74, 6) is 1.69. The summed E-state index contributed by atoms with van der Waals surface area (Å²) < 4.78 is 0. The van der Waals surface area contributed by atoms with Crippen molar-refractivity contribution in [3.8, 4) is 0 Å². The van der Waals surface area contributed by atoms with Crippen LogP contribution < -0.4 is 5.32 Å². The van der Waals surface area contributed by atoms with Crippen LogP contribution in [0.25, 0.3) is 0 Å². The van der Waals surface area contributed by atoms with Gasteiger partial charge in [0.15, 0.2) is 0 Å². The molecular formula is C14H23NS. The maximum absolute atomic E-state index is 3.53. The molecule has 0 amide bonds. The van der Waals surface area contributed by atoms with Crippen molar-refractivity contribution < 1.29 is 0 Å². The zero-order chi connectivity index (χ0) is 11.4. The average Bonchev–Trinajstić information content (AvgIpc) is 2.73. The lowest BCUT2D eigenvalue weighted by Gasteiger charge is -2.31. The van der Waals surface area contributed by atoms with Crippen LogP contribution in [0.15, 0.2) is 11.4 Å². The first-order valence-electron chi connectivity index (χ1n) is 6.57. The average molecular weight is 237 g/mol. The molecule has 0 bridgehead atoms. The van der Waals surface area contributed by atoms with Gasteiger partial charge in [-0.2, -0.15) is 0 Å². The van der Waals surface area contributed by atoms with Crippen molar-refractivity contribution in [3.63, 3.8) is 0 Å². The molecule has 1 aromatic heterocycles. The van der Waals surface area contributed by atoms with E-state index in [2.05, 4.69) is 30.6 Å². The molecule has 0 aromatic carbocycles. The number of hydrogen-bond donors (Lipinski definition) is 1. The molecular weight excluding hydrogens is 214 g/mol. The Hall–Kier alpha value is -0.340. The Labute approximate surface area is 103 Å². The van der Waals surface area contributed by atoms with Gasteiger partial charge in [0, 0.05) is 4.88 Å². The molecule has 1 aromatic rings. The molecule has 0 spiro atoms. The highest BCUT2D eigenvalue weighted by Gasteiger charge is 2.27. The SMILES string of the molecule is CCNCC1CCCCC1c1sccc1C. The molecule has 1 fully saturated rings. The molecule has 2 atom stereocenters. The minimum absolute atomic E-state index is 0.827. The van der Waals surface area contributed by atoms with Crippen molar-refractivity contribution in [1.82, 2.24) is 5.32 Å². The number of nitrogens with one attached hydrogen (secondary N) is 1. The molecule has 1 saturated carbocycles. The van der Waals surface area contributed by atoms with Crippen LogP contribution in [0.3, 0.4) is 0 Å². The fraction of sp³-hybridized carbons (Fsp3) is 0.714. The first kappa shape index (κ1) is 12.1. The van der Waals surface area contributed by atoms with E-state index in [0.717, 1.165) is 18.4 Å². The van der Waals surface area contributed by atoms with Gasteiger partial charge in [-0.25, -0.2) is 0 Å². The molecule has 2 heteroatoms. The summed E-state index contributed by atoms with van der Waals surface area (Å²) in [4.78, 5) is 1.66. The van der Waals surface area contributed by atoms with Gasteiger partial charge < -0.3 is 5.32 Å². The molecule has 2 rings (SSSR count). The van der Waals surface area contributed by atoms with Gasteiger partial charge in [-0.1, -0.05) is 19.8 Å². The first-order valence-corrected chi connectivity index (χ1v) is 7.45. The number of hydrogen-bond acceptors (Lipinski definition) is 2. The molecule has 1 aliphatic rings. The van der Waals surface area contributed by atoms with Gasteiger partial charge in [0.25, 0.3) is 0 Å². The molecule has 1 aliphatic carbocycles. The van der Waals surface area contributed by atoms with Gasteiger partial charge in [-0.15, -0.1) is 11.3 Å². The second-order valence-corrected chi connectivity index (χ2v) is 5.87. The summed E-state index contributed by atoms with van der Waals surface area (Å²) in [5.41, 5.74) is 1.51. The Balaban J connectivity index is 2.07. The second-order valence-electron chi connectivity index (χ2n) is 4.93. The van der Waals surface area contributed by atoms with Crippen LogP contribution in [-0.2, 0) is 0 Å². The lowest BCUT2D eigenvalue weighted by molar-refractivity contribution is 0.300. The predicted molar refractivity (Wildman–Crippen MR) is 72.3 cm³/mol. The number of thiophene rings is 1. The Bertz CT molecular complexity index is 318. The normalized spacial score (nSPS) is 25.9. The van der Waals surface area contributed by atoms with Crippen molar-refractivity contribution in [1.29, 1.82) is 0 Å². The van der Waals surface area contributed by atoms with E-state index in [0.29, 0.717) is 0 Å². The van der Waals surface area contributed by atoms with Gasteiger partial charge in [0.1, 0.15) is 0 Å². The highest BCUT2D eigenvalue weighted by Crippen LogP contribution is 2.40. The Kier molecular flexibility index (Phi) is 4.42. The van der Waals surface area contributed by atoms with Crippen LogP contribution in [-0.4, -0.2) is 13.1 Å². The largest absolute Gasteiger partial charge is 0.317 e. The van der Waals surface area contributed by atoms with E-state index in [9.17, 15) is 0 Å². The van der Waals surface area contributed by atoms with E-state index in [-0.39, 0.29) is 0 Å². The van der Waals surface area contributed by atoms with Gasteiger partial charge in [-0.05, 0) is 61.7 Å². The quantitative estimate of drug-likeness (QED) is 0.836. The minimum Gasteiger partial charge on any atom is -0.317 e. The van der Waals surface area contributed by atoms with Gasteiger partial charge in [0.05, 0.1) is 0 Å². The maximum Gasteiger partial charge on any atom is 0.0109 e. The van der Waals surface area contributed by atoms with Crippen LogP contribution in [0, 0.1) is 12.8 Å². The van der Waals surface area contributed by atoms with Gasteiger partial charge >= 0.3 is 0 Å². The standard InChI is InChI=1S/C14H23NS/c1-3-15-10-12-6-4-5-7-13(12)14-11(2)8-9-16-14/h8-9,12-13,15H,3-7,10H2,1-2H3. The van der Waals surface area contributed by atoms with Crippen LogP contribution >= 0.6 is 11.3 Å². The monoisotopic (exact) mass is 237 g/mol. The lowest BCUT2D eigenvalue weighted by Crippen LogP contribution is -2.29. The zero-order valence-corrected chi connectivity index (χ0v) is 11.3. The third kappa shape index (κ3) is 2.67. The van der Waals surface area contributed by atoms with Crippen molar-refractivity contribution >= 4 is 11.3 Å². The van der Waals surface area contributed by atoms with E-state index >= 15 is 0 Å². The molecule has 0 saturated heterocycles. The van der Waals surface area contributed by atoms with Crippen LogP contribution in [0.5, 0.6) is 0 Å². The summed E-state index contributed by atoms with van der Waals surface area (Å²) in [6, 6.07) is 2.28. The fourth-order valence-corrected chi connectivity index (χ4v) is 4.05. The van der Waals surface area contributed by atoms with Crippen molar-refractivity contribution in [2.45, 2.75) is 45.4 Å². The topological polar surface area (TPSA) is 12.0 Å². The van der Waals surface area contributed by atoms with E-state index in [1.165, 1.54) is 37.8 Å². The Morgan fingerprint density at radius 2 is 2.19 bits per heavy atom. The molecule has 1 nitrogen and oxygen atoms in total. The summed E-state index contributed by atoms with van der Waals surface area (Å²) in [6.07, 6.45) is 5.66. The molecule has 90 valence electrons. The second kappa shape index (κ2) is 5.83. The third-order valence-corrected chi connectivity index (χ3v) is 4.95. The van der Waals surface area contributed by atoms with Crippen molar-refractivity contribution in [2.24, 2.45) is 5.92 Å². The third-order valence-electron chi connectivity index (χ3n) is 3.80. The molecule has 0 radical (unpaired) electrons. The van der Waals surface area contributed by atoms with Crippen LogP contribution in [0.4, 0.5) is 0 Å². The summed E-state index contributed by atoms with van der Waals surface area (Å²) in [6.45, 7) is 6.78. The van der Waals surface area contributed by atoms with Crippen LogP contribution in [0.1, 0.15) is 49.0 Å². The Morgan fingerprint density at radius 3 is 2.88 bits per heavy atom. The summed E-state index contributed by atoms with van der Waals surface area (Å²) in [5, 5.41) is 5.79. The van der Waals surface area contributed by atoms with E-state index < -0.39 is 0 Å². The van der Waals surface area contributed by atoms with Crippen molar-refractivity contribution in [3.05, 3.63) is 21.9 Å².